The first kappa shape index (κ1) is 10.1. The molecule has 0 amide bonds. The third kappa shape index (κ3) is 5.58. The van der Waals surface area contributed by atoms with E-state index in [1.165, 1.54) is 6.92 Å². The highest BCUT2D eigenvalue weighted by molar-refractivity contribution is 6.33. The molecule has 0 heterocycles. The Bertz CT molecular complexity index is 143. The van der Waals surface area contributed by atoms with Crippen LogP contribution in [0.3, 0.4) is 0 Å². The van der Waals surface area contributed by atoms with Crippen LogP contribution in [0.1, 0.15) is 33.1 Å². The van der Waals surface area contributed by atoms with Crippen molar-refractivity contribution in [2.24, 2.45) is 0 Å². The molecular weight excluding hydrogens is 142 g/mol. The SMILES string of the molecule is CCCCCOC(=O)C(C)=N. The fourth-order valence-corrected chi connectivity index (χ4v) is 0.625. The van der Waals surface area contributed by atoms with Crippen LogP contribution in [0.2, 0.25) is 0 Å². The maximum atomic E-state index is 10.7. The van der Waals surface area contributed by atoms with Gasteiger partial charge in [-0.2, -0.15) is 0 Å². The van der Waals surface area contributed by atoms with Crippen LogP contribution in [0.4, 0.5) is 0 Å². The summed E-state index contributed by atoms with van der Waals surface area (Å²) in [7, 11) is 0. The molecule has 11 heavy (non-hydrogen) atoms. The van der Waals surface area contributed by atoms with E-state index in [0.717, 1.165) is 19.3 Å². The number of hydrogen-bond donors (Lipinski definition) is 1. The van der Waals surface area contributed by atoms with Gasteiger partial charge in [0.25, 0.3) is 0 Å². The molecule has 1 N–H and O–H groups in total. The molecule has 3 heteroatoms. The van der Waals surface area contributed by atoms with Crippen LogP contribution in [-0.4, -0.2) is 18.3 Å². The fourth-order valence-electron chi connectivity index (χ4n) is 0.625. The van der Waals surface area contributed by atoms with Gasteiger partial charge < -0.3 is 4.74 Å². The van der Waals surface area contributed by atoms with Crippen LogP contribution in [0.25, 0.3) is 0 Å². The molecule has 0 spiro atoms. The summed E-state index contributed by atoms with van der Waals surface area (Å²) in [6.45, 7) is 3.97. The van der Waals surface area contributed by atoms with Crippen LogP contribution in [0.5, 0.6) is 0 Å². The van der Waals surface area contributed by atoms with Gasteiger partial charge in [0.1, 0.15) is 5.71 Å². The highest BCUT2D eigenvalue weighted by Crippen LogP contribution is 1.94. The van der Waals surface area contributed by atoms with Crippen LogP contribution in [0, 0.1) is 5.41 Å². The van der Waals surface area contributed by atoms with Gasteiger partial charge in [-0.05, 0) is 13.3 Å². The van der Waals surface area contributed by atoms with Crippen LogP contribution in [-0.2, 0) is 9.53 Å². The van der Waals surface area contributed by atoms with Gasteiger partial charge in [0, 0.05) is 0 Å². The van der Waals surface area contributed by atoms with Gasteiger partial charge in [-0.1, -0.05) is 19.8 Å². The number of esters is 1. The zero-order valence-corrected chi connectivity index (χ0v) is 7.14. The Morgan fingerprint density at radius 2 is 2.09 bits per heavy atom. The molecule has 0 atom stereocenters. The van der Waals surface area contributed by atoms with Crippen molar-refractivity contribution in [2.75, 3.05) is 6.61 Å². The van der Waals surface area contributed by atoms with Crippen molar-refractivity contribution in [1.82, 2.24) is 0 Å². The minimum absolute atomic E-state index is 0.0264. The molecule has 0 aliphatic carbocycles. The van der Waals surface area contributed by atoms with E-state index < -0.39 is 5.97 Å². The van der Waals surface area contributed by atoms with Gasteiger partial charge in [-0.3, -0.25) is 5.41 Å². The third-order valence-corrected chi connectivity index (χ3v) is 1.29. The number of ether oxygens (including phenoxy) is 1. The normalized spacial score (nSPS) is 9.27. The number of rotatable bonds is 5. The van der Waals surface area contributed by atoms with Gasteiger partial charge in [0.2, 0.25) is 0 Å². The molecule has 0 bridgehead atoms. The summed E-state index contributed by atoms with van der Waals surface area (Å²) in [5.74, 6) is -0.499. The lowest BCUT2D eigenvalue weighted by Gasteiger charge is -2.01. The van der Waals surface area contributed by atoms with E-state index in [4.69, 9.17) is 10.1 Å². The van der Waals surface area contributed by atoms with Crippen molar-refractivity contribution >= 4 is 11.7 Å². The summed E-state index contributed by atoms with van der Waals surface area (Å²) in [5, 5.41) is 6.91. The Labute approximate surface area is 67.3 Å². The molecule has 0 unspecified atom stereocenters. The molecule has 0 aromatic rings. The van der Waals surface area contributed by atoms with E-state index in [2.05, 4.69) is 6.92 Å². The Balaban J connectivity index is 3.25. The van der Waals surface area contributed by atoms with Crippen molar-refractivity contribution in [2.45, 2.75) is 33.1 Å². The average Bonchev–Trinajstić information content (AvgIpc) is 1.97. The van der Waals surface area contributed by atoms with E-state index in [9.17, 15) is 4.79 Å². The molecule has 0 aliphatic heterocycles. The number of nitrogens with one attached hydrogen (secondary N) is 1. The zero-order valence-electron chi connectivity index (χ0n) is 7.14. The maximum Gasteiger partial charge on any atom is 0.351 e. The molecule has 0 saturated carbocycles. The highest BCUT2D eigenvalue weighted by atomic mass is 16.5. The molecule has 0 aliphatic rings. The van der Waals surface area contributed by atoms with E-state index in [1.54, 1.807) is 0 Å². The van der Waals surface area contributed by atoms with Gasteiger partial charge in [0.15, 0.2) is 0 Å². The molecule has 64 valence electrons. The molecule has 0 radical (unpaired) electrons. The van der Waals surface area contributed by atoms with Gasteiger partial charge in [0.05, 0.1) is 6.61 Å². The number of carbonyl (C=O) groups excluding carboxylic acids is 1. The lowest BCUT2D eigenvalue weighted by atomic mass is 10.3. The summed E-state index contributed by atoms with van der Waals surface area (Å²) < 4.78 is 4.74. The fraction of sp³-hybridized carbons (Fsp3) is 0.750. The molecule has 0 saturated heterocycles. The lowest BCUT2D eigenvalue weighted by Crippen LogP contribution is -2.13. The predicted molar refractivity (Wildman–Crippen MR) is 43.9 cm³/mol. The first-order chi connectivity index (χ1) is 5.18. The standard InChI is InChI=1S/C8H15NO2/c1-3-4-5-6-11-8(10)7(2)9/h9H,3-6H2,1-2H3. The lowest BCUT2D eigenvalue weighted by molar-refractivity contribution is -0.135. The number of carbonyl (C=O) groups is 1. The summed E-state index contributed by atoms with van der Waals surface area (Å²) in [5.41, 5.74) is -0.0264. The quantitative estimate of drug-likeness (QED) is 0.375. The Kier molecular flexibility index (Phi) is 5.43. The summed E-state index contributed by atoms with van der Waals surface area (Å²) in [4.78, 5) is 10.7. The first-order valence-corrected chi connectivity index (χ1v) is 3.90. The predicted octanol–water partition coefficient (Wildman–Crippen LogP) is 1.76. The van der Waals surface area contributed by atoms with Crippen LogP contribution < -0.4 is 0 Å². The second-order valence-electron chi connectivity index (χ2n) is 2.47. The van der Waals surface area contributed by atoms with Crippen molar-refractivity contribution in [3.8, 4) is 0 Å². The topological polar surface area (TPSA) is 50.2 Å². The molecule has 0 fully saturated rings. The monoisotopic (exact) mass is 157 g/mol. The average molecular weight is 157 g/mol. The smallest absolute Gasteiger partial charge is 0.351 e. The van der Waals surface area contributed by atoms with Gasteiger partial charge in [-0.15, -0.1) is 0 Å². The van der Waals surface area contributed by atoms with Crippen molar-refractivity contribution in [3.05, 3.63) is 0 Å². The van der Waals surface area contributed by atoms with Crippen molar-refractivity contribution < 1.29 is 9.53 Å². The molecule has 3 nitrogen and oxygen atoms in total. The third-order valence-electron chi connectivity index (χ3n) is 1.29. The Morgan fingerprint density at radius 1 is 1.45 bits per heavy atom. The minimum Gasteiger partial charge on any atom is -0.461 e. The van der Waals surface area contributed by atoms with Gasteiger partial charge >= 0.3 is 5.97 Å². The molecule has 0 aromatic carbocycles. The number of hydrogen-bond acceptors (Lipinski definition) is 3. The van der Waals surface area contributed by atoms with Gasteiger partial charge in [-0.25, -0.2) is 4.79 Å². The summed E-state index contributed by atoms with van der Waals surface area (Å²) >= 11 is 0. The van der Waals surface area contributed by atoms with E-state index in [-0.39, 0.29) is 5.71 Å². The summed E-state index contributed by atoms with van der Waals surface area (Å²) in [6.07, 6.45) is 3.08. The Hall–Kier alpha value is -0.860. The largest absolute Gasteiger partial charge is 0.461 e. The second kappa shape index (κ2) is 5.89. The van der Waals surface area contributed by atoms with Crippen molar-refractivity contribution in [1.29, 1.82) is 5.41 Å². The van der Waals surface area contributed by atoms with Crippen LogP contribution in [0.15, 0.2) is 0 Å². The first-order valence-electron chi connectivity index (χ1n) is 3.90. The maximum absolute atomic E-state index is 10.7. The van der Waals surface area contributed by atoms with E-state index in [0.29, 0.717) is 6.61 Å². The second-order valence-corrected chi connectivity index (χ2v) is 2.47. The number of unbranched alkanes of at least 4 members (excludes halogenated alkanes) is 2. The minimum atomic E-state index is -0.499. The Morgan fingerprint density at radius 3 is 2.55 bits per heavy atom. The molecular formula is C8H15NO2. The van der Waals surface area contributed by atoms with E-state index >= 15 is 0 Å². The molecule has 0 rings (SSSR count). The summed E-state index contributed by atoms with van der Waals surface area (Å²) in [6, 6.07) is 0. The van der Waals surface area contributed by atoms with E-state index in [1.807, 2.05) is 0 Å². The molecule has 0 aromatic heterocycles. The zero-order chi connectivity index (χ0) is 8.69. The highest BCUT2D eigenvalue weighted by Gasteiger charge is 2.02. The van der Waals surface area contributed by atoms with Crippen molar-refractivity contribution in [3.63, 3.8) is 0 Å². The van der Waals surface area contributed by atoms with Crippen LogP contribution >= 0.6 is 0 Å².